The second-order valence-corrected chi connectivity index (χ2v) is 4.07. The molecular formula is C9H14INO3. The molecule has 1 rings (SSSR count). The van der Waals surface area contributed by atoms with Gasteiger partial charge in [0.1, 0.15) is 0 Å². The zero-order valence-electron chi connectivity index (χ0n) is 8.37. The van der Waals surface area contributed by atoms with Crippen molar-refractivity contribution >= 4 is 5.69 Å². The molecule has 0 aliphatic heterocycles. The quantitative estimate of drug-likeness (QED) is 0.380. The summed E-state index contributed by atoms with van der Waals surface area (Å²) in [5.41, 5.74) is 10.4. The summed E-state index contributed by atoms with van der Waals surface area (Å²) in [6.07, 6.45) is 0. The molecular weight excluding hydrogens is 297 g/mol. The molecule has 4 nitrogen and oxygen atoms in total. The van der Waals surface area contributed by atoms with Crippen LogP contribution in [-0.2, 0) is 0 Å². The molecule has 0 fully saturated rings. The van der Waals surface area contributed by atoms with Crippen LogP contribution in [0.4, 0.5) is 5.69 Å². The lowest BCUT2D eigenvalue weighted by Gasteiger charge is -2.05. The highest BCUT2D eigenvalue weighted by Crippen LogP contribution is 2.17. The second kappa shape index (κ2) is 6.18. The SMILES string of the molecule is Cc1ccc(N)c(C)c1C.[O-][I+2]([O-])O. The Kier molecular flexibility index (Phi) is 6.01. The van der Waals surface area contributed by atoms with E-state index in [4.69, 9.17) is 16.0 Å². The first-order valence-corrected chi connectivity index (χ1v) is 6.65. The Morgan fingerprint density at radius 1 is 1.14 bits per heavy atom. The van der Waals surface area contributed by atoms with Gasteiger partial charge in [-0.1, -0.05) is 6.07 Å². The van der Waals surface area contributed by atoms with Gasteiger partial charge in [0.25, 0.3) is 0 Å². The predicted octanol–water partition coefficient (Wildman–Crippen LogP) is -3.74. The molecule has 1 aromatic rings. The zero-order chi connectivity index (χ0) is 11.3. The van der Waals surface area contributed by atoms with Crippen molar-refractivity contribution in [3.05, 3.63) is 28.8 Å². The molecule has 0 heterocycles. The number of hydrogen-bond acceptors (Lipinski definition) is 4. The van der Waals surface area contributed by atoms with E-state index in [1.807, 2.05) is 6.07 Å². The van der Waals surface area contributed by atoms with Crippen LogP contribution in [0.2, 0.25) is 0 Å². The smallest absolute Gasteiger partial charge is 0.399 e. The largest absolute Gasteiger partial charge is 0.503 e. The third kappa shape index (κ3) is 4.75. The van der Waals surface area contributed by atoms with Crippen molar-refractivity contribution in [2.24, 2.45) is 0 Å². The number of nitrogen functional groups attached to an aromatic ring is 1. The number of anilines is 1. The van der Waals surface area contributed by atoms with Crippen molar-refractivity contribution in [1.82, 2.24) is 0 Å². The highest BCUT2D eigenvalue weighted by Gasteiger charge is 1.98. The van der Waals surface area contributed by atoms with Crippen molar-refractivity contribution < 1.29 is 31.4 Å². The molecule has 0 atom stereocenters. The van der Waals surface area contributed by atoms with Gasteiger partial charge in [-0.05, 0) is 47.0 Å². The van der Waals surface area contributed by atoms with Crippen molar-refractivity contribution in [3.8, 4) is 0 Å². The topological polar surface area (TPSA) is 92.4 Å². The minimum Gasteiger partial charge on any atom is -0.399 e. The van der Waals surface area contributed by atoms with Gasteiger partial charge in [-0.15, -0.1) is 0 Å². The van der Waals surface area contributed by atoms with Gasteiger partial charge in [0.05, 0.1) is 0 Å². The first-order chi connectivity index (χ1) is 6.36. The van der Waals surface area contributed by atoms with E-state index < -0.39 is 21.1 Å². The van der Waals surface area contributed by atoms with Crippen LogP contribution in [0.15, 0.2) is 12.1 Å². The van der Waals surface area contributed by atoms with Crippen molar-refractivity contribution in [1.29, 1.82) is 0 Å². The Morgan fingerprint density at radius 2 is 1.57 bits per heavy atom. The lowest BCUT2D eigenvalue weighted by atomic mass is 10.0. The Labute approximate surface area is 92.4 Å². The van der Waals surface area contributed by atoms with Gasteiger partial charge in [0, 0.05) is 5.69 Å². The first-order valence-electron chi connectivity index (χ1n) is 3.93. The summed E-state index contributed by atoms with van der Waals surface area (Å²) < 4.78 is 24.5. The highest BCUT2D eigenvalue weighted by atomic mass is 127. The first kappa shape index (κ1) is 13.6. The lowest BCUT2D eigenvalue weighted by Crippen LogP contribution is -3.98. The molecule has 0 saturated carbocycles. The van der Waals surface area contributed by atoms with Gasteiger partial charge in [-0.2, -0.15) is 0 Å². The predicted molar refractivity (Wildman–Crippen MR) is 47.3 cm³/mol. The Morgan fingerprint density at radius 3 is 1.93 bits per heavy atom. The van der Waals surface area contributed by atoms with E-state index in [0.29, 0.717) is 0 Å². The number of hydrogen-bond donors (Lipinski definition) is 2. The van der Waals surface area contributed by atoms with Crippen LogP contribution < -0.4 is 33.7 Å². The zero-order valence-corrected chi connectivity index (χ0v) is 10.5. The average molecular weight is 311 g/mol. The van der Waals surface area contributed by atoms with Crippen LogP contribution in [-0.4, -0.2) is 3.44 Å². The average Bonchev–Trinajstić information content (AvgIpc) is 2.07. The Bertz CT molecular complexity index is 273. The molecule has 0 amide bonds. The van der Waals surface area contributed by atoms with E-state index in [-0.39, 0.29) is 0 Å². The van der Waals surface area contributed by atoms with Gasteiger partial charge in [-0.3, -0.25) is 0 Å². The Balaban J connectivity index is 0.000000364. The van der Waals surface area contributed by atoms with E-state index in [1.165, 1.54) is 16.7 Å². The fraction of sp³-hybridized carbons (Fsp3) is 0.333. The van der Waals surface area contributed by atoms with Crippen LogP contribution in [0.25, 0.3) is 0 Å². The third-order valence-corrected chi connectivity index (χ3v) is 2.10. The van der Waals surface area contributed by atoms with Crippen LogP contribution in [0.1, 0.15) is 16.7 Å². The van der Waals surface area contributed by atoms with Gasteiger partial charge in [-0.25, -0.2) is 0 Å². The van der Waals surface area contributed by atoms with E-state index in [1.54, 1.807) is 0 Å². The molecule has 3 N–H and O–H groups in total. The van der Waals surface area contributed by atoms with Crippen LogP contribution in [0.3, 0.4) is 0 Å². The number of aryl methyl sites for hydroxylation is 1. The van der Waals surface area contributed by atoms with Crippen LogP contribution in [0, 0.1) is 20.8 Å². The fourth-order valence-electron chi connectivity index (χ4n) is 0.977. The molecule has 0 saturated heterocycles. The number of halogens is 1. The number of nitrogens with two attached hydrogens (primary N) is 1. The monoisotopic (exact) mass is 311 g/mol. The standard InChI is InChI=1S/C9H13N.HIO3/c1-6-4-5-9(10)8(3)7(6)2;2-1(3)4/h4-5H,10H2,1-3H3;2H. The molecule has 1 aromatic carbocycles. The van der Waals surface area contributed by atoms with E-state index in [0.717, 1.165) is 5.69 Å². The van der Waals surface area contributed by atoms with Crippen molar-refractivity contribution in [3.63, 3.8) is 0 Å². The molecule has 0 aliphatic rings. The summed E-state index contributed by atoms with van der Waals surface area (Å²) in [6.45, 7) is 6.25. The number of benzene rings is 1. The van der Waals surface area contributed by atoms with Crippen molar-refractivity contribution in [2.75, 3.05) is 5.73 Å². The molecule has 5 heteroatoms. The van der Waals surface area contributed by atoms with Gasteiger partial charge in [0.2, 0.25) is 0 Å². The summed E-state index contributed by atoms with van der Waals surface area (Å²) in [7, 11) is 0. The summed E-state index contributed by atoms with van der Waals surface area (Å²) in [5.74, 6) is 0. The molecule has 0 aromatic heterocycles. The molecule has 14 heavy (non-hydrogen) atoms. The highest BCUT2D eigenvalue weighted by molar-refractivity contribution is 5.52. The molecule has 80 valence electrons. The maximum atomic E-state index is 8.68. The normalized spacial score (nSPS) is 9.64. The van der Waals surface area contributed by atoms with E-state index in [9.17, 15) is 0 Å². The molecule has 0 bridgehead atoms. The van der Waals surface area contributed by atoms with E-state index in [2.05, 4.69) is 26.8 Å². The maximum absolute atomic E-state index is 8.68. The second-order valence-electron chi connectivity index (χ2n) is 2.92. The van der Waals surface area contributed by atoms with Crippen LogP contribution in [0.5, 0.6) is 0 Å². The number of rotatable bonds is 0. The molecule has 0 radical (unpaired) electrons. The molecule has 0 aliphatic carbocycles. The summed E-state index contributed by atoms with van der Waals surface area (Å²) in [4.78, 5) is 0. The minimum atomic E-state index is -3.76. The molecule has 0 unspecified atom stereocenters. The van der Waals surface area contributed by atoms with E-state index >= 15 is 0 Å². The van der Waals surface area contributed by atoms with Crippen LogP contribution >= 0.6 is 0 Å². The summed E-state index contributed by atoms with van der Waals surface area (Å²) in [6, 6.07) is 4.01. The fourth-order valence-corrected chi connectivity index (χ4v) is 0.977. The van der Waals surface area contributed by atoms with Crippen molar-refractivity contribution in [2.45, 2.75) is 20.8 Å². The third-order valence-electron chi connectivity index (χ3n) is 2.10. The lowest BCUT2D eigenvalue weighted by molar-refractivity contribution is -1.63. The Hall–Kier alpha value is -0.370. The van der Waals surface area contributed by atoms with Gasteiger partial charge in [0.15, 0.2) is 0 Å². The molecule has 0 spiro atoms. The minimum absolute atomic E-state index is 0.892. The maximum Gasteiger partial charge on any atom is 0.503 e. The summed E-state index contributed by atoms with van der Waals surface area (Å²) in [5, 5.41) is 0. The van der Waals surface area contributed by atoms with Gasteiger partial charge >= 0.3 is 21.1 Å². The summed E-state index contributed by atoms with van der Waals surface area (Å²) >= 11 is -3.76. The van der Waals surface area contributed by atoms with Gasteiger partial charge < -0.3 is 12.6 Å².